The fourth-order valence-electron chi connectivity index (χ4n) is 2.33. The van der Waals surface area contributed by atoms with Crippen molar-refractivity contribution in [1.82, 2.24) is 10.2 Å². The van der Waals surface area contributed by atoms with Crippen LogP contribution in [0.4, 0.5) is 0 Å². The largest absolute Gasteiger partial charge is 0.462 e. The van der Waals surface area contributed by atoms with Crippen molar-refractivity contribution in [2.24, 2.45) is 0 Å². The van der Waals surface area contributed by atoms with Crippen LogP contribution < -0.4 is 5.32 Å². The topological polar surface area (TPSA) is 61.8 Å². The Bertz CT molecular complexity index is 459. The van der Waals surface area contributed by atoms with E-state index in [0.717, 1.165) is 26.2 Å². The van der Waals surface area contributed by atoms with E-state index >= 15 is 0 Å². The van der Waals surface area contributed by atoms with Crippen LogP contribution in [-0.2, 0) is 16.1 Å². The molecule has 1 aromatic rings. The quantitative estimate of drug-likeness (QED) is 0.828. The number of benzene rings is 1. The first-order valence-electron chi connectivity index (χ1n) is 8.03. The number of rotatable bonds is 4. The van der Waals surface area contributed by atoms with Crippen LogP contribution >= 0.6 is 0 Å². The summed E-state index contributed by atoms with van der Waals surface area (Å²) in [4.78, 5) is 12.0. The number of piperazine rings is 1. The van der Waals surface area contributed by atoms with Gasteiger partial charge in [-0.25, -0.2) is 0 Å². The van der Waals surface area contributed by atoms with Crippen LogP contribution in [0.5, 0.6) is 0 Å². The number of carbonyl (C=O) groups excluding carboxylic acids is 1. The summed E-state index contributed by atoms with van der Waals surface area (Å²) in [5.41, 5.74) is 0.861. The molecular formula is C18H30N2O3. The van der Waals surface area contributed by atoms with E-state index in [1.54, 1.807) is 0 Å². The van der Waals surface area contributed by atoms with Gasteiger partial charge in [0.05, 0.1) is 12.1 Å². The molecule has 1 fully saturated rings. The van der Waals surface area contributed by atoms with Crippen molar-refractivity contribution in [1.29, 1.82) is 0 Å². The monoisotopic (exact) mass is 322 g/mol. The van der Waals surface area contributed by atoms with E-state index in [-0.39, 0.29) is 17.7 Å². The van der Waals surface area contributed by atoms with Gasteiger partial charge >= 0.3 is 0 Å². The van der Waals surface area contributed by atoms with E-state index in [4.69, 9.17) is 0 Å². The van der Waals surface area contributed by atoms with E-state index < -0.39 is 0 Å². The lowest BCUT2D eigenvalue weighted by Gasteiger charge is -2.44. The zero-order valence-electron chi connectivity index (χ0n) is 14.7. The highest BCUT2D eigenvalue weighted by Gasteiger charge is 2.33. The zero-order valence-corrected chi connectivity index (χ0v) is 14.7. The number of nitrogens with zero attached hydrogens (tertiary/aromatic N) is 1. The molecule has 0 aromatic heterocycles. The van der Waals surface area contributed by atoms with E-state index in [2.05, 4.69) is 46.1 Å². The predicted octanol–water partition coefficient (Wildman–Crippen LogP) is 1.80. The number of nitrogens with one attached hydrogen (secondary N) is 1. The van der Waals surface area contributed by atoms with Gasteiger partial charge < -0.3 is 15.2 Å². The normalized spacial score (nSPS) is 22.0. The van der Waals surface area contributed by atoms with E-state index in [1.165, 1.54) is 5.56 Å². The molecule has 2 N–H and O–H groups in total. The SMILES string of the molecule is CC(C)(C)OC=O.CC1(CO)CNCCN1Cc1ccccc1. The molecule has 5 nitrogen and oxygen atoms in total. The summed E-state index contributed by atoms with van der Waals surface area (Å²) in [5.74, 6) is 0. The van der Waals surface area contributed by atoms with Crippen LogP contribution in [0, 0.1) is 0 Å². The minimum absolute atomic E-state index is 0.131. The molecule has 0 spiro atoms. The highest BCUT2D eigenvalue weighted by Crippen LogP contribution is 2.19. The molecule has 5 heteroatoms. The second-order valence-corrected chi connectivity index (χ2v) is 7.07. The highest BCUT2D eigenvalue weighted by molar-refractivity contribution is 5.37. The zero-order chi connectivity index (χ0) is 17.3. The molecule has 1 aliphatic heterocycles. The van der Waals surface area contributed by atoms with Crippen molar-refractivity contribution >= 4 is 6.47 Å². The Balaban J connectivity index is 0.000000322. The number of ether oxygens (including phenoxy) is 1. The van der Waals surface area contributed by atoms with Crippen molar-refractivity contribution in [3.8, 4) is 0 Å². The molecular weight excluding hydrogens is 292 g/mol. The molecule has 0 bridgehead atoms. The molecule has 0 amide bonds. The molecule has 23 heavy (non-hydrogen) atoms. The smallest absolute Gasteiger partial charge is 0.293 e. The van der Waals surface area contributed by atoms with Crippen LogP contribution in [0.3, 0.4) is 0 Å². The van der Waals surface area contributed by atoms with Crippen LogP contribution in [0.1, 0.15) is 33.3 Å². The van der Waals surface area contributed by atoms with Gasteiger partial charge in [0.25, 0.3) is 6.47 Å². The van der Waals surface area contributed by atoms with E-state index in [9.17, 15) is 9.90 Å². The third kappa shape index (κ3) is 7.12. The molecule has 2 rings (SSSR count). The fraction of sp³-hybridized carbons (Fsp3) is 0.611. The summed E-state index contributed by atoms with van der Waals surface area (Å²) in [6, 6.07) is 10.4. The molecule has 0 aliphatic carbocycles. The number of hydrogen-bond donors (Lipinski definition) is 2. The second kappa shape index (κ2) is 9.01. The number of carbonyl (C=O) groups is 1. The first-order valence-corrected chi connectivity index (χ1v) is 8.03. The molecule has 1 aromatic carbocycles. The van der Waals surface area contributed by atoms with Crippen molar-refractivity contribution in [2.75, 3.05) is 26.2 Å². The van der Waals surface area contributed by atoms with E-state index in [1.807, 2.05) is 26.8 Å². The summed E-state index contributed by atoms with van der Waals surface area (Å²) < 4.78 is 4.55. The average molecular weight is 322 g/mol. The first kappa shape index (κ1) is 19.6. The molecule has 0 radical (unpaired) electrons. The highest BCUT2D eigenvalue weighted by atomic mass is 16.5. The molecule has 1 unspecified atom stereocenters. The van der Waals surface area contributed by atoms with Crippen molar-refractivity contribution in [3.63, 3.8) is 0 Å². The number of aliphatic hydroxyl groups excluding tert-OH is 1. The van der Waals surface area contributed by atoms with Gasteiger partial charge in [-0.05, 0) is 33.3 Å². The molecule has 1 aliphatic rings. The molecule has 1 saturated heterocycles. The Hall–Kier alpha value is -1.43. The average Bonchev–Trinajstić information content (AvgIpc) is 2.50. The fourth-order valence-corrected chi connectivity index (χ4v) is 2.33. The third-order valence-corrected chi connectivity index (χ3v) is 3.79. The molecule has 1 heterocycles. The van der Waals surface area contributed by atoms with Gasteiger partial charge in [-0.2, -0.15) is 0 Å². The molecule has 0 saturated carbocycles. The summed E-state index contributed by atoms with van der Waals surface area (Å²) in [5, 5.41) is 12.9. The first-order chi connectivity index (χ1) is 10.8. The van der Waals surface area contributed by atoms with Gasteiger partial charge in [-0.1, -0.05) is 30.3 Å². The maximum atomic E-state index is 9.60. The summed E-state index contributed by atoms with van der Waals surface area (Å²) in [6.07, 6.45) is 0. The van der Waals surface area contributed by atoms with Crippen molar-refractivity contribution in [2.45, 2.75) is 45.4 Å². The lowest BCUT2D eigenvalue weighted by atomic mass is 9.97. The maximum Gasteiger partial charge on any atom is 0.293 e. The van der Waals surface area contributed by atoms with Gasteiger partial charge in [0.15, 0.2) is 0 Å². The predicted molar refractivity (Wildman–Crippen MR) is 92.1 cm³/mol. The van der Waals surface area contributed by atoms with E-state index in [0.29, 0.717) is 6.47 Å². The number of aliphatic hydroxyl groups is 1. The standard InChI is InChI=1S/C13H20N2O.C5H10O2/c1-13(11-16)10-14-7-8-15(13)9-12-5-3-2-4-6-12;1-5(2,3)7-4-6/h2-6,14,16H,7-11H2,1H3;4H,1-3H3. The summed E-state index contributed by atoms with van der Waals surface area (Å²) >= 11 is 0. The second-order valence-electron chi connectivity index (χ2n) is 7.07. The van der Waals surface area contributed by atoms with Crippen LogP contribution in [0.15, 0.2) is 30.3 Å². The minimum Gasteiger partial charge on any atom is -0.462 e. The Morgan fingerprint density at radius 1 is 1.35 bits per heavy atom. The van der Waals surface area contributed by atoms with Gasteiger partial charge in [0.1, 0.15) is 5.60 Å². The third-order valence-electron chi connectivity index (χ3n) is 3.79. The maximum absolute atomic E-state index is 9.60. The van der Waals surface area contributed by atoms with Crippen LogP contribution in [0.2, 0.25) is 0 Å². The minimum atomic E-state index is -0.318. The molecule has 130 valence electrons. The van der Waals surface area contributed by atoms with Gasteiger partial charge in [0, 0.05) is 26.2 Å². The van der Waals surface area contributed by atoms with Crippen LogP contribution in [-0.4, -0.2) is 53.9 Å². The van der Waals surface area contributed by atoms with Crippen LogP contribution in [0.25, 0.3) is 0 Å². The summed E-state index contributed by atoms with van der Waals surface area (Å²) in [6.45, 7) is 12.0. The van der Waals surface area contributed by atoms with Gasteiger partial charge in [-0.3, -0.25) is 9.69 Å². The van der Waals surface area contributed by atoms with Crippen molar-refractivity contribution < 1.29 is 14.6 Å². The van der Waals surface area contributed by atoms with Crippen molar-refractivity contribution in [3.05, 3.63) is 35.9 Å². The Morgan fingerprint density at radius 2 is 2.00 bits per heavy atom. The molecule has 1 atom stereocenters. The summed E-state index contributed by atoms with van der Waals surface area (Å²) in [7, 11) is 0. The number of hydrogen-bond acceptors (Lipinski definition) is 5. The Labute approximate surface area is 139 Å². The van der Waals surface area contributed by atoms with Gasteiger partial charge in [0.2, 0.25) is 0 Å². The lowest BCUT2D eigenvalue weighted by Crippen LogP contribution is -2.61. The Kier molecular flexibility index (Phi) is 7.68. The lowest BCUT2D eigenvalue weighted by molar-refractivity contribution is -0.138. The van der Waals surface area contributed by atoms with Gasteiger partial charge in [-0.15, -0.1) is 0 Å². The Morgan fingerprint density at radius 3 is 2.48 bits per heavy atom.